The third-order valence-electron chi connectivity index (χ3n) is 4.04. The summed E-state index contributed by atoms with van der Waals surface area (Å²) in [4.78, 5) is 17.2. The summed E-state index contributed by atoms with van der Waals surface area (Å²) in [6, 6.07) is 6.58. The first-order chi connectivity index (χ1) is 12.4. The second-order valence-corrected chi connectivity index (χ2v) is 6.77. The number of carbonyl (C=O) groups excluding carboxylic acids is 1. The Kier molecular flexibility index (Phi) is 3.95. The van der Waals surface area contributed by atoms with Gasteiger partial charge in [0.2, 0.25) is 11.9 Å². The van der Waals surface area contributed by atoms with E-state index in [4.69, 9.17) is 0 Å². The van der Waals surface area contributed by atoms with Gasteiger partial charge in [-0.1, -0.05) is 0 Å². The molecule has 0 unspecified atom stereocenters. The van der Waals surface area contributed by atoms with Crippen LogP contribution in [0.4, 0.5) is 24.5 Å². The van der Waals surface area contributed by atoms with Crippen LogP contribution in [-0.2, 0) is 11.0 Å². The minimum Gasteiger partial charge on any atom is -0.326 e. The number of alkyl halides is 3. The van der Waals surface area contributed by atoms with Crippen molar-refractivity contribution in [3.8, 4) is 0 Å². The molecule has 5 nitrogen and oxygen atoms in total. The molecule has 1 aromatic carbocycles. The lowest BCUT2D eigenvalue weighted by Gasteiger charge is -2.21. The van der Waals surface area contributed by atoms with E-state index in [9.17, 15) is 18.0 Å². The van der Waals surface area contributed by atoms with Crippen LogP contribution >= 0.6 is 11.3 Å². The number of nitrogens with one attached hydrogen (secondary N) is 3. The van der Waals surface area contributed by atoms with Gasteiger partial charge in [0.25, 0.3) is 0 Å². The molecule has 0 spiro atoms. The van der Waals surface area contributed by atoms with Crippen LogP contribution in [0.5, 0.6) is 0 Å². The van der Waals surface area contributed by atoms with Crippen molar-refractivity contribution >= 4 is 40.3 Å². The lowest BCUT2D eigenvalue weighted by molar-refractivity contribution is -0.137. The second-order valence-electron chi connectivity index (χ2n) is 5.86. The molecule has 3 heterocycles. The lowest BCUT2D eigenvalue weighted by Crippen LogP contribution is -2.33. The highest BCUT2D eigenvalue weighted by molar-refractivity contribution is 7.11. The number of rotatable bonds is 1. The van der Waals surface area contributed by atoms with Gasteiger partial charge >= 0.3 is 6.18 Å². The Hall–Kier alpha value is -2.81. The molecule has 0 saturated heterocycles. The van der Waals surface area contributed by atoms with Gasteiger partial charge in [0.1, 0.15) is 0 Å². The number of hydrogen-bond donors (Lipinski definition) is 3. The molecule has 0 radical (unpaired) electrons. The van der Waals surface area contributed by atoms with Gasteiger partial charge < -0.3 is 16.0 Å². The number of aliphatic imine (C=N–C) groups is 1. The van der Waals surface area contributed by atoms with E-state index in [-0.39, 0.29) is 12.3 Å². The summed E-state index contributed by atoms with van der Waals surface area (Å²) in [5, 5.41) is 10.9. The summed E-state index contributed by atoms with van der Waals surface area (Å²) in [6.45, 7) is 0.343. The lowest BCUT2D eigenvalue weighted by atomic mass is 10.1. The molecule has 2 aromatic rings. The fourth-order valence-corrected chi connectivity index (χ4v) is 3.70. The van der Waals surface area contributed by atoms with Crippen molar-refractivity contribution in [3.63, 3.8) is 0 Å². The van der Waals surface area contributed by atoms with Gasteiger partial charge in [-0.15, -0.1) is 11.3 Å². The number of nitrogens with zero attached hydrogens (tertiary/aromatic N) is 1. The molecule has 4 rings (SSSR count). The van der Waals surface area contributed by atoms with Crippen LogP contribution in [0.1, 0.15) is 16.9 Å². The van der Waals surface area contributed by atoms with E-state index in [0.29, 0.717) is 18.2 Å². The molecule has 1 amide bonds. The van der Waals surface area contributed by atoms with Crippen molar-refractivity contribution in [2.24, 2.45) is 4.99 Å². The molecule has 26 heavy (non-hydrogen) atoms. The summed E-state index contributed by atoms with van der Waals surface area (Å²) in [6.07, 6.45) is -4.12. The van der Waals surface area contributed by atoms with E-state index >= 15 is 0 Å². The zero-order valence-corrected chi connectivity index (χ0v) is 14.1. The van der Waals surface area contributed by atoms with Crippen molar-refractivity contribution in [1.29, 1.82) is 0 Å². The quantitative estimate of drug-likeness (QED) is 0.705. The molecule has 2 aliphatic rings. The van der Waals surface area contributed by atoms with E-state index in [2.05, 4.69) is 20.9 Å². The Morgan fingerprint density at radius 2 is 1.88 bits per heavy atom. The molecular formula is C17H13F3N4OS. The van der Waals surface area contributed by atoms with Gasteiger partial charge in [-0.3, -0.25) is 4.79 Å². The van der Waals surface area contributed by atoms with Gasteiger partial charge in [0.15, 0.2) is 0 Å². The predicted octanol–water partition coefficient (Wildman–Crippen LogP) is 3.89. The van der Waals surface area contributed by atoms with Crippen LogP contribution in [0.15, 0.2) is 46.3 Å². The average molecular weight is 378 g/mol. The Morgan fingerprint density at radius 3 is 2.62 bits per heavy atom. The van der Waals surface area contributed by atoms with Gasteiger partial charge in [-0.05, 0) is 41.3 Å². The summed E-state index contributed by atoms with van der Waals surface area (Å²) in [5.41, 5.74) is 2.22. The predicted molar refractivity (Wildman–Crippen MR) is 95.0 cm³/mol. The van der Waals surface area contributed by atoms with Crippen LogP contribution in [0.25, 0.3) is 5.70 Å². The number of guanidine groups is 1. The molecule has 0 atom stereocenters. The van der Waals surface area contributed by atoms with Crippen molar-refractivity contribution < 1.29 is 18.0 Å². The number of carbonyl (C=O) groups is 1. The van der Waals surface area contributed by atoms with E-state index in [1.54, 1.807) is 0 Å². The summed E-state index contributed by atoms with van der Waals surface area (Å²) in [5.74, 6) is 0.336. The van der Waals surface area contributed by atoms with Crippen LogP contribution in [0.3, 0.4) is 0 Å². The Bertz CT molecular complexity index is 928. The maximum atomic E-state index is 12.6. The van der Waals surface area contributed by atoms with Crippen molar-refractivity contribution in [3.05, 3.63) is 51.7 Å². The molecule has 0 bridgehead atoms. The smallest absolute Gasteiger partial charge is 0.326 e. The minimum absolute atomic E-state index is 0.0919. The van der Waals surface area contributed by atoms with Gasteiger partial charge in [-0.2, -0.15) is 13.2 Å². The van der Waals surface area contributed by atoms with Crippen molar-refractivity contribution in [2.75, 3.05) is 17.2 Å². The van der Waals surface area contributed by atoms with Gasteiger partial charge in [-0.25, -0.2) is 4.99 Å². The zero-order chi connectivity index (χ0) is 18.3. The summed E-state index contributed by atoms with van der Waals surface area (Å²) >= 11 is 1.50. The minimum atomic E-state index is -4.37. The second kappa shape index (κ2) is 6.17. The first kappa shape index (κ1) is 16.6. The van der Waals surface area contributed by atoms with Crippen molar-refractivity contribution in [2.45, 2.75) is 12.6 Å². The Morgan fingerprint density at radius 1 is 1.12 bits per heavy atom. The molecule has 9 heteroatoms. The largest absolute Gasteiger partial charge is 0.416 e. The highest BCUT2D eigenvalue weighted by Crippen LogP contribution is 2.35. The highest BCUT2D eigenvalue weighted by Gasteiger charge is 2.30. The zero-order valence-electron chi connectivity index (χ0n) is 13.3. The van der Waals surface area contributed by atoms with Crippen LogP contribution in [-0.4, -0.2) is 18.4 Å². The summed E-state index contributed by atoms with van der Waals surface area (Å²) < 4.78 is 37.9. The molecular weight excluding hydrogens is 365 g/mol. The van der Waals surface area contributed by atoms with E-state index < -0.39 is 11.7 Å². The molecule has 0 fully saturated rings. The van der Waals surface area contributed by atoms with Crippen molar-refractivity contribution in [1.82, 2.24) is 5.32 Å². The molecule has 0 saturated carbocycles. The molecule has 134 valence electrons. The van der Waals surface area contributed by atoms with Crippen LogP contribution in [0, 0.1) is 0 Å². The van der Waals surface area contributed by atoms with Gasteiger partial charge in [0, 0.05) is 5.69 Å². The number of anilines is 2. The number of halogens is 3. The number of fused-ring (bicyclic) bond motifs is 2. The average Bonchev–Trinajstić information content (AvgIpc) is 2.99. The van der Waals surface area contributed by atoms with E-state index in [1.807, 2.05) is 11.4 Å². The number of thiophene rings is 1. The van der Waals surface area contributed by atoms with Crippen LogP contribution < -0.4 is 16.0 Å². The number of hydrogen-bond acceptors (Lipinski definition) is 5. The monoisotopic (exact) mass is 378 g/mol. The molecule has 1 aromatic heterocycles. The maximum Gasteiger partial charge on any atom is 0.416 e. The van der Waals surface area contributed by atoms with Gasteiger partial charge in [0.05, 0.1) is 34.8 Å². The van der Waals surface area contributed by atoms with Crippen LogP contribution in [0.2, 0.25) is 0 Å². The Labute approximate surface area is 150 Å². The number of benzene rings is 1. The summed E-state index contributed by atoms with van der Waals surface area (Å²) in [7, 11) is 0. The molecule has 0 aliphatic carbocycles. The van der Waals surface area contributed by atoms with E-state index in [0.717, 1.165) is 34.0 Å². The number of amides is 1. The third-order valence-corrected chi connectivity index (χ3v) is 4.97. The molecule has 2 aliphatic heterocycles. The topological polar surface area (TPSA) is 65.5 Å². The third kappa shape index (κ3) is 3.17. The maximum absolute atomic E-state index is 12.6. The normalized spacial score (nSPS) is 16.7. The first-order valence-corrected chi connectivity index (χ1v) is 8.63. The Balaban J connectivity index is 1.54. The fraction of sp³-hybridized carbons (Fsp3) is 0.176. The molecule has 3 N–H and O–H groups in total. The highest BCUT2D eigenvalue weighted by atomic mass is 32.1. The van der Waals surface area contributed by atoms with E-state index in [1.165, 1.54) is 23.5 Å². The SMILES string of the molecule is O=C1CC2=C(NC(Nc3ccc(C(F)(F)F)cc3)=NC2)c2sccc2N1. The fourth-order valence-electron chi connectivity index (χ4n) is 2.80. The standard InChI is InChI=1S/C17H13F3N4OS/c18-17(19,20)10-1-3-11(4-2-10)22-16-21-8-9-7-13(25)23-12-5-6-26-15(12)14(9)24-16/h1-6H,7-8H2,(H,23,25)(H2,21,22,24). The first-order valence-electron chi connectivity index (χ1n) is 7.75.